The molecule has 0 unspecified atom stereocenters. The molecule has 0 radical (unpaired) electrons. The maximum absolute atomic E-state index is 11.6. The van der Waals surface area contributed by atoms with Gasteiger partial charge in [-0.1, -0.05) is 6.92 Å². The van der Waals surface area contributed by atoms with Crippen LogP contribution in [-0.2, 0) is 26.6 Å². The fourth-order valence-electron chi connectivity index (χ4n) is 1.56. The Bertz CT molecular complexity index is 548. The molecule has 0 spiro atoms. The van der Waals surface area contributed by atoms with Crippen molar-refractivity contribution in [2.24, 2.45) is 7.05 Å². The molecule has 0 aromatic carbocycles. The summed E-state index contributed by atoms with van der Waals surface area (Å²) in [6.45, 7) is 3.02. The molecule has 2 aromatic heterocycles. The standard InChI is InChI=1S/C12H17N5OS/c1-3-10-6-13-11(19-10)7-15-12(18)14-4-9-5-16-17(2)8-9/h5-6,8H,3-4,7H2,1-2H3,(H2,14,15,18). The number of nitrogens with one attached hydrogen (secondary N) is 2. The fraction of sp³-hybridized carbons (Fsp3) is 0.417. The van der Waals surface area contributed by atoms with Crippen molar-refractivity contribution in [3.8, 4) is 0 Å². The third kappa shape index (κ3) is 4.06. The molecule has 0 aliphatic carbocycles. The van der Waals surface area contributed by atoms with Crippen LogP contribution in [0.1, 0.15) is 22.4 Å². The molecule has 0 aliphatic rings. The number of hydrogen-bond donors (Lipinski definition) is 2. The van der Waals surface area contributed by atoms with Crippen LogP contribution in [0, 0.1) is 0 Å². The average Bonchev–Trinajstić information content (AvgIpc) is 3.02. The summed E-state index contributed by atoms with van der Waals surface area (Å²) in [5.74, 6) is 0. The first-order valence-corrected chi connectivity index (χ1v) is 6.92. The van der Waals surface area contributed by atoms with Gasteiger partial charge in [0.2, 0.25) is 0 Å². The van der Waals surface area contributed by atoms with Crippen LogP contribution >= 0.6 is 11.3 Å². The highest BCUT2D eigenvalue weighted by Gasteiger charge is 2.04. The summed E-state index contributed by atoms with van der Waals surface area (Å²) >= 11 is 1.63. The molecule has 0 saturated heterocycles. The zero-order chi connectivity index (χ0) is 13.7. The van der Waals surface area contributed by atoms with Gasteiger partial charge in [0.25, 0.3) is 0 Å². The number of aromatic nitrogens is 3. The van der Waals surface area contributed by atoms with Crippen molar-refractivity contribution in [3.63, 3.8) is 0 Å². The molecule has 2 heterocycles. The summed E-state index contributed by atoms with van der Waals surface area (Å²) in [4.78, 5) is 17.1. The fourth-order valence-corrected chi connectivity index (χ4v) is 2.36. The highest BCUT2D eigenvalue weighted by atomic mass is 32.1. The minimum atomic E-state index is -0.197. The third-order valence-electron chi connectivity index (χ3n) is 2.56. The van der Waals surface area contributed by atoms with Gasteiger partial charge in [-0.3, -0.25) is 4.68 Å². The molecule has 0 aliphatic heterocycles. The first-order valence-electron chi connectivity index (χ1n) is 6.10. The number of nitrogens with zero attached hydrogens (tertiary/aromatic N) is 3. The van der Waals surface area contributed by atoms with E-state index in [1.54, 1.807) is 22.2 Å². The lowest BCUT2D eigenvalue weighted by molar-refractivity contribution is 0.240. The van der Waals surface area contributed by atoms with E-state index in [2.05, 4.69) is 27.6 Å². The number of hydrogen-bond acceptors (Lipinski definition) is 4. The SMILES string of the molecule is CCc1cnc(CNC(=O)NCc2cnn(C)c2)s1. The number of rotatable bonds is 5. The monoisotopic (exact) mass is 279 g/mol. The molecule has 2 rings (SSSR count). The second kappa shape index (κ2) is 6.33. The van der Waals surface area contributed by atoms with Crippen LogP contribution in [0.2, 0.25) is 0 Å². The van der Waals surface area contributed by atoms with Crippen molar-refractivity contribution in [1.82, 2.24) is 25.4 Å². The molecule has 0 saturated carbocycles. The molecular weight excluding hydrogens is 262 g/mol. The van der Waals surface area contributed by atoms with E-state index in [9.17, 15) is 4.79 Å². The average molecular weight is 279 g/mol. The van der Waals surface area contributed by atoms with Crippen LogP contribution in [0.3, 0.4) is 0 Å². The van der Waals surface area contributed by atoms with Crippen molar-refractivity contribution in [3.05, 3.63) is 34.0 Å². The Hall–Kier alpha value is -1.89. The molecule has 6 nitrogen and oxygen atoms in total. The van der Waals surface area contributed by atoms with E-state index in [1.165, 1.54) is 4.88 Å². The topological polar surface area (TPSA) is 71.8 Å². The van der Waals surface area contributed by atoms with E-state index < -0.39 is 0 Å². The highest BCUT2D eigenvalue weighted by molar-refractivity contribution is 7.11. The van der Waals surface area contributed by atoms with Crippen LogP contribution in [0.25, 0.3) is 0 Å². The lowest BCUT2D eigenvalue weighted by Crippen LogP contribution is -2.34. The number of carbonyl (C=O) groups is 1. The predicted octanol–water partition coefficient (Wildman–Crippen LogP) is 1.44. The van der Waals surface area contributed by atoms with Crippen molar-refractivity contribution < 1.29 is 4.79 Å². The minimum Gasteiger partial charge on any atom is -0.334 e. The zero-order valence-corrected chi connectivity index (χ0v) is 11.8. The molecule has 102 valence electrons. The molecule has 0 atom stereocenters. The van der Waals surface area contributed by atoms with Gasteiger partial charge in [0.05, 0.1) is 12.7 Å². The largest absolute Gasteiger partial charge is 0.334 e. The maximum atomic E-state index is 11.6. The van der Waals surface area contributed by atoms with Crippen LogP contribution < -0.4 is 10.6 Å². The van der Waals surface area contributed by atoms with Gasteiger partial charge in [0.1, 0.15) is 5.01 Å². The molecular formula is C12H17N5OS. The van der Waals surface area contributed by atoms with E-state index in [4.69, 9.17) is 0 Å². The number of aryl methyl sites for hydroxylation is 2. The van der Waals surface area contributed by atoms with Crippen molar-refractivity contribution >= 4 is 17.4 Å². The quantitative estimate of drug-likeness (QED) is 0.870. The van der Waals surface area contributed by atoms with E-state index in [-0.39, 0.29) is 6.03 Å². The number of urea groups is 1. The van der Waals surface area contributed by atoms with Crippen LogP contribution in [0.5, 0.6) is 0 Å². The maximum Gasteiger partial charge on any atom is 0.315 e. The Morgan fingerprint density at radius 1 is 1.37 bits per heavy atom. The van der Waals surface area contributed by atoms with E-state index in [1.807, 2.05) is 19.4 Å². The van der Waals surface area contributed by atoms with Gasteiger partial charge >= 0.3 is 6.03 Å². The first-order chi connectivity index (χ1) is 9.17. The summed E-state index contributed by atoms with van der Waals surface area (Å²) in [6.07, 6.45) is 6.43. The van der Waals surface area contributed by atoms with Crippen molar-refractivity contribution in [2.75, 3.05) is 0 Å². The molecule has 0 bridgehead atoms. The molecule has 0 fully saturated rings. The van der Waals surface area contributed by atoms with Gasteiger partial charge in [-0.25, -0.2) is 9.78 Å². The number of carbonyl (C=O) groups excluding carboxylic acids is 1. The lowest BCUT2D eigenvalue weighted by Gasteiger charge is -2.04. The van der Waals surface area contributed by atoms with Gasteiger partial charge in [-0.2, -0.15) is 5.10 Å². The summed E-state index contributed by atoms with van der Waals surface area (Å²) in [6, 6.07) is -0.197. The Morgan fingerprint density at radius 2 is 2.16 bits per heavy atom. The molecule has 2 N–H and O–H groups in total. The Labute approximate surface area is 115 Å². The second-order valence-corrected chi connectivity index (χ2v) is 5.33. The number of thiazole rings is 1. The third-order valence-corrected chi connectivity index (χ3v) is 3.70. The second-order valence-electron chi connectivity index (χ2n) is 4.13. The van der Waals surface area contributed by atoms with Crippen molar-refractivity contribution in [1.29, 1.82) is 0 Å². The molecule has 19 heavy (non-hydrogen) atoms. The Kier molecular flexibility index (Phi) is 4.51. The van der Waals surface area contributed by atoms with Gasteiger partial charge in [0, 0.05) is 36.4 Å². The molecule has 2 amide bonds. The van der Waals surface area contributed by atoms with Crippen molar-refractivity contribution in [2.45, 2.75) is 26.4 Å². The van der Waals surface area contributed by atoms with Gasteiger partial charge in [0.15, 0.2) is 0 Å². The van der Waals surface area contributed by atoms with Crippen LogP contribution in [0.15, 0.2) is 18.6 Å². The van der Waals surface area contributed by atoms with E-state index in [0.29, 0.717) is 13.1 Å². The summed E-state index contributed by atoms with van der Waals surface area (Å²) in [5, 5.41) is 10.5. The normalized spacial score (nSPS) is 10.4. The van der Waals surface area contributed by atoms with Gasteiger partial charge in [-0.05, 0) is 6.42 Å². The Balaban J connectivity index is 1.72. The van der Waals surface area contributed by atoms with E-state index >= 15 is 0 Å². The van der Waals surface area contributed by atoms with Gasteiger partial charge < -0.3 is 10.6 Å². The molecule has 7 heteroatoms. The first kappa shape index (κ1) is 13.5. The van der Waals surface area contributed by atoms with E-state index in [0.717, 1.165) is 17.0 Å². The summed E-state index contributed by atoms with van der Waals surface area (Å²) < 4.78 is 1.71. The minimum absolute atomic E-state index is 0.197. The predicted molar refractivity (Wildman–Crippen MR) is 73.8 cm³/mol. The lowest BCUT2D eigenvalue weighted by atomic mass is 10.4. The highest BCUT2D eigenvalue weighted by Crippen LogP contribution is 2.12. The Morgan fingerprint density at radius 3 is 2.79 bits per heavy atom. The van der Waals surface area contributed by atoms with Gasteiger partial charge in [-0.15, -0.1) is 11.3 Å². The molecule has 2 aromatic rings. The smallest absolute Gasteiger partial charge is 0.315 e. The van der Waals surface area contributed by atoms with Crippen LogP contribution in [-0.4, -0.2) is 20.8 Å². The zero-order valence-electron chi connectivity index (χ0n) is 11.0. The van der Waals surface area contributed by atoms with Crippen LogP contribution in [0.4, 0.5) is 4.79 Å². The summed E-state index contributed by atoms with van der Waals surface area (Å²) in [5.41, 5.74) is 0.972. The summed E-state index contributed by atoms with van der Waals surface area (Å²) in [7, 11) is 1.84. The number of amides is 2.